The molecule has 0 aromatic carbocycles. The van der Waals surface area contributed by atoms with Crippen molar-refractivity contribution in [3.8, 4) is 0 Å². The van der Waals surface area contributed by atoms with E-state index in [4.69, 9.17) is 5.73 Å². The quantitative estimate of drug-likeness (QED) is 0.849. The SMILES string of the molecule is CCn1cncc1C(CN)N1CCC(CN(C)C)CC1. The largest absolute Gasteiger partial charge is 0.333 e. The van der Waals surface area contributed by atoms with Crippen molar-refractivity contribution in [2.45, 2.75) is 32.4 Å². The zero-order valence-electron chi connectivity index (χ0n) is 13.1. The van der Waals surface area contributed by atoms with E-state index in [9.17, 15) is 0 Å². The van der Waals surface area contributed by atoms with E-state index in [0.29, 0.717) is 12.6 Å². The summed E-state index contributed by atoms with van der Waals surface area (Å²) in [5.74, 6) is 0.829. The lowest BCUT2D eigenvalue weighted by atomic mass is 9.95. The number of aromatic nitrogens is 2. The highest BCUT2D eigenvalue weighted by atomic mass is 15.2. The van der Waals surface area contributed by atoms with Crippen molar-refractivity contribution >= 4 is 0 Å². The summed E-state index contributed by atoms with van der Waals surface area (Å²) in [6.07, 6.45) is 6.44. The monoisotopic (exact) mass is 279 g/mol. The number of nitrogens with zero attached hydrogens (tertiary/aromatic N) is 4. The predicted octanol–water partition coefficient (Wildman–Crippen LogP) is 1.18. The topological polar surface area (TPSA) is 50.3 Å². The molecule has 0 amide bonds. The summed E-state index contributed by atoms with van der Waals surface area (Å²) in [5.41, 5.74) is 7.31. The fourth-order valence-corrected chi connectivity index (χ4v) is 3.29. The number of nitrogens with two attached hydrogens (primary N) is 1. The van der Waals surface area contributed by atoms with Crippen LogP contribution < -0.4 is 5.73 Å². The van der Waals surface area contributed by atoms with E-state index in [0.717, 1.165) is 25.6 Å². The maximum atomic E-state index is 6.04. The van der Waals surface area contributed by atoms with Gasteiger partial charge in [0.1, 0.15) is 0 Å². The van der Waals surface area contributed by atoms with Crippen molar-refractivity contribution in [3.05, 3.63) is 18.2 Å². The van der Waals surface area contributed by atoms with Crippen LogP contribution in [0.3, 0.4) is 0 Å². The third-order valence-corrected chi connectivity index (χ3v) is 4.36. The van der Waals surface area contributed by atoms with Gasteiger partial charge >= 0.3 is 0 Å². The minimum Gasteiger partial charge on any atom is -0.333 e. The Kier molecular flexibility index (Phi) is 5.57. The summed E-state index contributed by atoms with van der Waals surface area (Å²) in [6, 6.07) is 0.317. The third-order valence-electron chi connectivity index (χ3n) is 4.36. The van der Waals surface area contributed by atoms with Gasteiger partial charge in [-0.15, -0.1) is 0 Å². The van der Waals surface area contributed by atoms with Crippen LogP contribution in [-0.2, 0) is 6.54 Å². The Bertz CT molecular complexity index is 393. The van der Waals surface area contributed by atoms with Crippen LogP contribution in [0.15, 0.2) is 12.5 Å². The first-order valence-electron chi connectivity index (χ1n) is 7.74. The molecular formula is C15H29N5. The van der Waals surface area contributed by atoms with Gasteiger partial charge in [-0.2, -0.15) is 0 Å². The maximum Gasteiger partial charge on any atom is 0.0948 e. The normalized spacial score (nSPS) is 19.6. The molecular weight excluding hydrogens is 250 g/mol. The molecule has 0 bridgehead atoms. The zero-order chi connectivity index (χ0) is 14.5. The third kappa shape index (κ3) is 3.59. The van der Waals surface area contributed by atoms with Gasteiger partial charge in [0.15, 0.2) is 0 Å². The molecule has 5 heteroatoms. The molecule has 2 heterocycles. The van der Waals surface area contributed by atoms with Crippen molar-refractivity contribution in [1.82, 2.24) is 19.4 Å². The minimum atomic E-state index is 0.317. The molecule has 1 aliphatic rings. The first kappa shape index (κ1) is 15.5. The van der Waals surface area contributed by atoms with E-state index in [1.54, 1.807) is 0 Å². The molecule has 20 heavy (non-hydrogen) atoms. The number of rotatable bonds is 6. The van der Waals surface area contributed by atoms with Gasteiger partial charge in [0, 0.05) is 25.8 Å². The lowest BCUT2D eigenvalue weighted by Crippen LogP contribution is -2.42. The number of hydrogen-bond donors (Lipinski definition) is 1. The van der Waals surface area contributed by atoms with Crippen molar-refractivity contribution in [1.29, 1.82) is 0 Å². The lowest BCUT2D eigenvalue weighted by Gasteiger charge is -2.38. The summed E-state index contributed by atoms with van der Waals surface area (Å²) in [4.78, 5) is 9.12. The molecule has 0 spiro atoms. The highest BCUT2D eigenvalue weighted by molar-refractivity contribution is 5.07. The van der Waals surface area contributed by atoms with Gasteiger partial charge in [-0.05, 0) is 52.9 Å². The van der Waals surface area contributed by atoms with Crippen molar-refractivity contribution in [3.63, 3.8) is 0 Å². The van der Waals surface area contributed by atoms with Gasteiger partial charge < -0.3 is 15.2 Å². The van der Waals surface area contributed by atoms with Crippen LogP contribution >= 0.6 is 0 Å². The molecule has 1 unspecified atom stereocenters. The summed E-state index contributed by atoms with van der Waals surface area (Å²) in [7, 11) is 4.32. The van der Waals surface area contributed by atoms with Gasteiger partial charge in [0.05, 0.1) is 18.1 Å². The van der Waals surface area contributed by atoms with Gasteiger partial charge in [0.25, 0.3) is 0 Å². The van der Waals surface area contributed by atoms with Crippen LogP contribution in [0, 0.1) is 5.92 Å². The average Bonchev–Trinajstić information content (AvgIpc) is 2.89. The van der Waals surface area contributed by atoms with Crippen LogP contribution in [0.5, 0.6) is 0 Å². The fourth-order valence-electron chi connectivity index (χ4n) is 3.29. The number of piperidine rings is 1. The second-order valence-electron chi connectivity index (χ2n) is 6.10. The number of likely N-dealkylation sites (tertiary alicyclic amines) is 1. The number of hydrogen-bond acceptors (Lipinski definition) is 4. The first-order valence-corrected chi connectivity index (χ1v) is 7.74. The van der Waals surface area contributed by atoms with E-state index in [1.807, 2.05) is 12.5 Å². The van der Waals surface area contributed by atoms with Gasteiger partial charge in [-0.3, -0.25) is 4.90 Å². The van der Waals surface area contributed by atoms with Crippen LogP contribution in [0.1, 0.15) is 31.5 Å². The molecule has 0 aliphatic carbocycles. The number of imidazole rings is 1. The van der Waals surface area contributed by atoms with Gasteiger partial charge in [0.2, 0.25) is 0 Å². The van der Waals surface area contributed by atoms with Gasteiger partial charge in [-0.25, -0.2) is 4.98 Å². The van der Waals surface area contributed by atoms with E-state index in [2.05, 4.69) is 40.4 Å². The van der Waals surface area contributed by atoms with E-state index in [1.165, 1.54) is 25.1 Å². The second-order valence-corrected chi connectivity index (χ2v) is 6.10. The van der Waals surface area contributed by atoms with Crippen LogP contribution in [0.2, 0.25) is 0 Å². The molecule has 114 valence electrons. The minimum absolute atomic E-state index is 0.317. The zero-order valence-corrected chi connectivity index (χ0v) is 13.1. The van der Waals surface area contributed by atoms with Crippen molar-refractivity contribution in [2.75, 3.05) is 40.3 Å². The molecule has 0 radical (unpaired) electrons. The lowest BCUT2D eigenvalue weighted by molar-refractivity contribution is 0.119. The van der Waals surface area contributed by atoms with Crippen molar-refractivity contribution in [2.24, 2.45) is 11.7 Å². The van der Waals surface area contributed by atoms with Crippen molar-refractivity contribution < 1.29 is 0 Å². The molecule has 2 N–H and O–H groups in total. The van der Waals surface area contributed by atoms with Crippen LogP contribution in [-0.4, -0.2) is 59.6 Å². The van der Waals surface area contributed by atoms with Crippen LogP contribution in [0.25, 0.3) is 0 Å². The average molecular weight is 279 g/mol. The first-order chi connectivity index (χ1) is 9.65. The Morgan fingerprint density at radius 1 is 1.40 bits per heavy atom. The number of aryl methyl sites for hydroxylation is 1. The van der Waals surface area contributed by atoms with E-state index in [-0.39, 0.29) is 0 Å². The molecule has 5 nitrogen and oxygen atoms in total. The summed E-state index contributed by atoms with van der Waals surface area (Å²) in [5, 5.41) is 0. The molecule has 1 saturated heterocycles. The smallest absolute Gasteiger partial charge is 0.0948 e. The highest BCUT2D eigenvalue weighted by Gasteiger charge is 2.27. The highest BCUT2D eigenvalue weighted by Crippen LogP contribution is 2.26. The summed E-state index contributed by atoms with van der Waals surface area (Å²) in [6.45, 7) is 7.29. The molecule has 1 aliphatic heterocycles. The Hall–Kier alpha value is -0.910. The molecule has 1 aromatic heterocycles. The Morgan fingerprint density at radius 3 is 2.65 bits per heavy atom. The molecule has 0 saturated carbocycles. The fraction of sp³-hybridized carbons (Fsp3) is 0.800. The molecule has 1 aromatic rings. The van der Waals surface area contributed by atoms with Crippen LogP contribution in [0.4, 0.5) is 0 Å². The van der Waals surface area contributed by atoms with E-state index < -0.39 is 0 Å². The molecule has 2 rings (SSSR count). The Labute approximate surface area is 122 Å². The van der Waals surface area contributed by atoms with E-state index >= 15 is 0 Å². The summed E-state index contributed by atoms with van der Waals surface area (Å²) >= 11 is 0. The Morgan fingerprint density at radius 2 is 2.10 bits per heavy atom. The molecule has 1 fully saturated rings. The maximum absolute atomic E-state index is 6.04. The Balaban J connectivity index is 1.97. The standard InChI is InChI=1S/C15H29N5/c1-4-19-12-17-10-15(19)14(9-16)20-7-5-13(6-8-20)11-18(2)3/h10,12-14H,4-9,11,16H2,1-3H3. The second kappa shape index (κ2) is 7.20. The summed E-state index contributed by atoms with van der Waals surface area (Å²) < 4.78 is 2.21. The predicted molar refractivity (Wildman–Crippen MR) is 82.5 cm³/mol. The van der Waals surface area contributed by atoms with Gasteiger partial charge in [-0.1, -0.05) is 0 Å². The molecule has 1 atom stereocenters.